The first-order valence-corrected chi connectivity index (χ1v) is 10.7. The third-order valence-corrected chi connectivity index (χ3v) is 6.10. The summed E-state index contributed by atoms with van der Waals surface area (Å²) in [6.45, 7) is 9.83. The molecule has 0 aromatic rings. The van der Waals surface area contributed by atoms with Crippen molar-refractivity contribution in [2.75, 3.05) is 12.8 Å². The Morgan fingerprint density at radius 1 is 1.26 bits per heavy atom. The van der Waals surface area contributed by atoms with Crippen LogP contribution in [-0.4, -0.2) is 52.0 Å². The van der Waals surface area contributed by atoms with Gasteiger partial charge in [-0.25, -0.2) is 5.48 Å². The van der Waals surface area contributed by atoms with E-state index < -0.39 is 23.3 Å². The number of carbonyl (C=O) groups excluding carboxylic acids is 3. The molecule has 0 saturated carbocycles. The van der Waals surface area contributed by atoms with E-state index in [4.69, 9.17) is 5.21 Å². The summed E-state index contributed by atoms with van der Waals surface area (Å²) < 4.78 is 0. The van der Waals surface area contributed by atoms with Crippen LogP contribution >= 0.6 is 11.8 Å². The summed E-state index contributed by atoms with van der Waals surface area (Å²) in [4.78, 5) is 39.9. The number of hydrogen-bond acceptors (Lipinski definition) is 5. The Balaban J connectivity index is 3.31. The highest BCUT2D eigenvalue weighted by Gasteiger charge is 2.45. The highest BCUT2D eigenvalue weighted by molar-refractivity contribution is 8.00. The third kappa shape index (κ3) is 6.68. The van der Waals surface area contributed by atoms with Crippen LogP contribution in [0.3, 0.4) is 0 Å². The van der Waals surface area contributed by atoms with Gasteiger partial charge in [-0.05, 0) is 36.3 Å². The topological polar surface area (TPSA) is 98.7 Å². The van der Waals surface area contributed by atoms with Crippen molar-refractivity contribution in [3.8, 4) is 0 Å². The number of likely N-dealkylation sites (N-methyl/N-ethyl adjacent to an activating group) is 1. The van der Waals surface area contributed by atoms with Gasteiger partial charge in [0.15, 0.2) is 0 Å². The SMILES string of the molecule is CNC(=O)C(N(C(=O)C(CC(=O)NO)CC(C)C)C1CCCS1)C(C)(C)C. The lowest BCUT2D eigenvalue weighted by Crippen LogP contribution is -2.59. The molecule has 8 heteroatoms. The Kier molecular flexibility index (Phi) is 9.08. The van der Waals surface area contributed by atoms with E-state index >= 15 is 0 Å². The van der Waals surface area contributed by atoms with Crippen molar-refractivity contribution in [2.45, 2.75) is 71.7 Å². The van der Waals surface area contributed by atoms with Gasteiger partial charge in [0.2, 0.25) is 17.7 Å². The number of rotatable bonds is 8. The number of nitrogens with zero attached hydrogens (tertiary/aromatic N) is 1. The lowest BCUT2D eigenvalue weighted by atomic mass is 9.83. The molecule has 1 fully saturated rings. The second-order valence-electron chi connectivity index (χ2n) is 8.66. The molecule has 3 N–H and O–H groups in total. The van der Waals surface area contributed by atoms with E-state index in [2.05, 4.69) is 5.32 Å². The number of thioether (sulfide) groups is 1. The largest absolute Gasteiger partial charge is 0.357 e. The molecule has 27 heavy (non-hydrogen) atoms. The summed E-state index contributed by atoms with van der Waals surface area (Å²) in [5.74, 6) is -0.386. The van der Waals surface area contributed by atoms with E-state index in [0.29, 0.717) is 6.42 Å². The molecule has 3 amide bonds. The Bertz CT molecular complexity index is 528. The van der Waals surface area contributed by atoms with Crippen LogP contribution in [0.2, 0.25) is 0 Å². The lowest BCUT2D eigenvalue weighted by molar-refractivity contribution is -0.150. The zero-order valence-corrected chi connectivity index (χ0v) is 18.2. The standard InChI is InChI=1S/C19H35N3O4S/c1-12(2)10-13(11-14(23)21-26)18(25)22(15-8-7-9-27-15)16(17(24)20-6)19(3,4)5/h12-13,15-16,26H,7-11H2,1-6H3,(H,20,24)(H,21,23). The lowest BCUT2D eigenvalue weighted by Gasteiger charge is -2.43. The summed E-state index contributed by atoms with van der Waals surface area (Å²) in [6.07, 6.45) is 2.26. The van der Waals surface area contributed by atoms with E-state index in [-0.39, 0.29) is 29.5 Å². The van der Waals surface area contributed by atoms with Gasteiger partial charge in [-0.2, -0.15) is 0 Å². The van der Waals surface area contributed by atoms with Gasteiger partial charge < -0.3 is 10.2 Å². The summed E-state index contributed by atoms with van der Waals surface area (Å²) in [5, 5.41) is 11.5. The quantitative estimate of drug-likeness (QED) is 0.428. The predicted molar refractivity (Wildman–Crippen MR) is 107 cm³/mol. The van der Waals surface area contributed by atoms with Gasteiger partial charge in [-0.1, -0.05) is 34.6 Å². The van der Waals surface area contributed by atoms with E-state index in [1.165, 1.54) is 0 Å². The van der Waals surface area contributed by atoms with Crippen LogP contribution in [0.5, 0.6) is 0 Å². The van der Waals surface area contributed by atoms with E-state index in [0.717, 1.165) is 18.6 Å². The second kappa shape index (κ2) is 10.3. The minimum absolute atomic E-state index is 0.0779. The molecule has 0 aromatic carbocycles. The van der Waals surface area contributed by atoms with Crippen molar-refractivity contribution in [1.82, 2.24) is 15.7 Å². The summed E-state index contributed by atoms with van der Waals surface area (Å²) >= 11 is 1.69. The Morgan fingerprint density at radius 2 is 1.89 bits per heavy atom. The molecule has 7 nitrogen and oxygen atoms in total. The first-order valence-electron chi connectivity index (χ1n) is 9.61. The maximum Gasteiger partial charge on any atom is 0.244 e. The van der Waals surface area contributed by atoms with Gasteiger partial charge in [0.05, 0.1) is 5.37 Å². The van der Waals surface area contributed by atoms with Gasteiger partial charge in [-0.3, -0.25) is 19.6 Å². The van der Waals surface area contributed by atoms with Gasteiger partial charge in [-0.15, -0.1) is 11.8 Å². The normalized spacial score (nSPS) is 19.5. The molecule has 0 radical (unpaired) electrons. The Hall–Kier alpha value is -1.28. The molecular weight excluding hydrogens is 366 g/mol. The summed E-state index contributed by atoms with van der Waals surface area (Å²) in [6, 6.07) is -0.627. The van der Waals surface area contributed by atoms with Crippen LogP contribution in [0.4, 0.5) is 0 Å². The smallest absolute Gasteiger partial charge is 0.244 e. The Labute approximate surface area is 167 Å². The van der Waals surface area contributed by atoms with Gasteiger partial charge in [0, 0.05) is 19.4 Å². The molecule has 1 aliphatic heterocycles. The van der Waals surface area contributed by atoms with Crippen LogP contribution in [0.1, 0.15) is 60.3 Å². The molecule has 1 rings (SSSR count). The predicted octanol–water partition coefficient (Wildman–Crippen LogP) is 2.39. The molecule has 3 unspecified atom stereocenters. The molecule has 156 valence electrons. The molecule has 0 bridgehead atoms. The Morgan fingerprint density at radius 3 is 2.30 bits per heavy atom. The third-order valence-electron chi connectivity index (χ3n) is 4.73. The zero-order chi connectivity index (χ0) is 20.8. The molecule has 1 heterocycles. The molecule has 1 saturated heterocycles. The van der Waals surface area contributed by atoms with Crippen LogP contribution in [-0.2, 0) is 14.4 Å². The minimum Gasteiger partial charge on any atom is -0.357 e. The average molecular weight is 402 g/mol. The average Bonchev–Trinajstić information content (AvgIpc) is 3.10. The molecule has 3 atom stereocenters. The number of nitrogens with one attached hydrogen (secondary N) is 2. The summed E-state index contributed by atoms with van der Waals surface area (Å²) in [5.41, 5.74) is 1.17. The van der Waals surface area contributed by atoms with E-state index in [1.54, 1.807) is 29.2 Å². The minimum atomic E-state index is -0.627. The van der Waals surface area contributed by atoms with Crippen molar-refractivity contribution in [3.63, 3.8) is 0 Å². The van der Waals surface area contributed by atoms with Gasteiger partial charge >= 0.3 is 0 Å². The van der Waals surface area contributed by atoms with Gasteiger partial charge in [0.25, 0.3) is 0 Å². The van der Waals surface area contributed by atoms with Gasteiger partial charge in [0.1, 0.15) is 6.04 Å². The fourth-order valence-corrected chi connectivity index (χ4v) is 4.93. The van der Waals surface area contributed by atoms with Crippen LogP contribution in [0, 0.1) is 17.3 Å². The van der Waals surface area contributed by atoms with E-state index in [1.807, 2.05) is 34.6 Å². The molecule has 0 aromatic heterocycles. The number of amides is 3. The second-order valence-corrected chi connectivity index (χ2v) is 9.95. The highest BCUT2D eigenvalue weighted by atomic mass is 32.2. The fraction of sp³-hybridized carbons (Fsp3) is 0.842. The van der Waals surface area contributed by atoms with Crippen molar-refractivity contribution >= 4 is 29.5 Å². The van der Waals surface area contributed by atoms with Crippen LogP contribution in [0.15, 0.2) is 0 Å². The summed E-state index contributed by atoms with van der Waals surface area (Å²) in [7, 11) is 1.58. The number of carbonyl (C=O) groups is 3. The molecule has 0 spiro atoms. The first-order chi connectivity index (χ1) is 12.5. The maximum atomic E-state index is 13.6. The van der Waals surface area contributed by atoms with Crippen molar-refractivity contribution < 1.29 is 19.6 Å². The zero-order valence-electron chi connectivity index (χ0n) is 17.4. The fourth-order valence-electron chi connectivity index (χ4n) is 3.61. The van der Waals surface area contributed by atoms with Crippen LogP contribution in [0.25, 0.3) is 0 Å². The highest BCUT2D eigenvalue weighted by Crippen LogP contribution is 2.37. The molecule has 0 aliphatic carbocycles. The van der Waals surface area contributed by atoms with Crippen molar-refractivity contribution in [2.24, 2.45) is 17.3 Å². The van der Waals surface area contributed by atoms with E-state index in [9.17, 15) is 14.4 Å². The number of hydroxylamine groups is 1. The van der Waals surface area contributed by atoms with Crippen LogP contribution < -0.4 is 10.8 Å². The maximum absolute atomic E-state index is 13.6. The molecular formula is C19H35N3O4S. The molecule has 1 aliphatic rings. The van der Waals surface area contributed by atoms with Crippen molar-refractivity contribution in [1.29, 1.82) is 0 Å². The first kappa shape index (κ1) is 23.8. The monoisotopic (exact) mass is 401 g/mol. The number of hydrogen-bond donors (Lipinski definition) is 3. The van der Waals surface area contributed by atoms with Crippen molar-refractivity contribution in [3.05, 3.63) is 0 Å².